The molecule has 0 unspecified atom stereocenters. The van der Waals surface area contributed by atoms with Crippen molar-refractivity contribution < 1.29 is 12.8 Å². The van der Waals surface area contributed by atoms with Crippen LogP contribution in [0.1, 0.15) is 62.1 Å². The molecule has 1 saturated heterocycles. The number of aromatic nitrogens is 3. The summed E-state index contributed by atoms with van der Waals surface area (Å²) >= 11 is 0. The molecule has 0 atom stereocenters. The van der Waals surface area contributed by atoms with Gasteiger partial charge < -0.3 is 8.98 Å². The van der Waals surface area contributed by atoms with Crippen LogP contribution in [0.4, 0.5) is 0 Å². The van der Waals surface area contributed by atoms with Crippen LogP contribution in [0, 0.1) is 19.8 Å². The Balaban J connectivity index is 1.73. The van der Waals surface area contributed by atoms with Gasteiger partial charge >= 0.3 is 0 Å². The van der Waals surface area contributed by atoms with Gasteiger partial charge in [-0.05, 0) is 45.4 Å². The second-order valence-corrected chi connectivity index (χ2v) is 9.98. The molecule has 148 valence electrons. The first kappa shape index (κ1) is 18.7. The van der Waals surface area contributed by atoms with E-state index < -0.39 is 10.0 Å². The molecular formula is C19H28N4O3S. The summed E-state index contributed by atoms with van der Waals surface area (Å²) in [5.41, 5.74) is 2.11. The fraction of sp³-hybridized carbons (Fsp3) is 0.684. The Hall–Kier alpha value is -1.67. The number of hydrogen-bond donors (Lipinski definition) is 0. The highest BCUT2D eigenvalue weighted by atomic mass is 32.2. The van der Waals surface area contributed by atoms with Crippen molar-refractivity contribution >= 4 is 10.0 Å². The molecule has 3 heterocycles. The van der Waals surface area contributed by atoms with E-state index in [1.54, 1.807) is 4.31 Å². The lowest BCUT2D eigenvalue weighted by Crippen LogP contribution is -2.38. The summed E-state index contributed by atoms with van der Waals surface area (Å²) in [5, 5.41) is 8.43. The van der Waals surface area contributed by atoms with E-state index in [0.717, 1.165) is 25.7 Å². The lowest BCUT2D eigenvalue weighted by molar-refractivity contribution is 0.288. The van der Waals surface area contributed by atoms with Crippen LogP contribution in [-0.2, 0) is 17.1 Å². The van der Waals surface area contributed by atoms with Crippen LogP contribution in [0.3, 0.4) is 0 Å². The Morgan fingerprint density at radius 2 is 1.74 bits per heavy atom. The number of sulfonamides is 1. The van der Waals surface area contributed by atoms with Gasteiger partial charge in [-0.1, -0.05) is 13.3 Å². The molecule has 2 aromatic heterocycles. The van der Waals surface area contributed by atoms with Crippen LogP contribution in [-0.4, -0.2) is 40.6 Å². The van der Waals surface area contributed by atoms with Crippen LogP contribution in [0.25, 0.3) is 11.6 Å². The fourth-order valence-electron chi connectivity index (χ4n) is 4.14. The minimum absolute atomic E-state index is 0.353. The first-order valence-electron chi connectivity index (χ1n) is 9.80. The van der Waals surface area contributed by atoms with Crippen molar-refractivity contribution in [2.24, 2.45) is 13.0 Å². The van der Waals surface area contributed by atoms with Gasteiger partial charge in [0.1, 0.15) is 10.6 Å². The Bertz CT molecular complexity index is 948. The zero-order chi connectivity index (χ0) is 19.3. The van der Waals surface area contributed by atoms with E-state index in [9.17, 15) is 8.42 Å². The van der Waals surface area contributed by atoms with Crippen LogP contribution in [0.2, 0.25) is 0 Å². The van der Waals surface area contributed by atoms with Gasteiger partial charge in [0.25, 0.3) is 5.89 Å². The smallest absolute Gasteiger partial charge is 0.264 e. The third kappa shape index (κ3) is 3.02. The predicted molar refractivity (Wildman–Crippen MR) is 102 cm³/mol. The zero-order valence-corrected chi connectivity index (χ0v) is 17.3. The molecule has 0 bridgehead atoms. The molecule has 1 aliphatic heterocycles. The van der Waals surface area contributed by atoms with Crippen molar-refractivity contribution in [3.8, 4) is 11.6 Å². The number of nitrogens with zero attached hydrogens (tertiary/aromatic N) is 4. The molecule has 0 amide bonds. The van der Waals surface area contributed by atoms with E-state index in [4.69, 9.17) is 4.42 Å². The molecule has 2 aromatic rings. The van der Waals surface area contributed by atoms with Gasteiger partial charge in [-0.15, -0.1) is 10.2 Å². The predicted octanol–water partition coefficient (Wildman–Crippen LogP) is 3.38. The Labute approximate surface area is 160 Å². The second-order valence-electron chi connectivity index (χ2n) is 8.11. The maximum absolute atomic E-state index is 13.3. The zero-order valence-electron chi connectivity index (χ0n) is 16.5. The van der Waals surface area contributed by atoms with E-state index in [1.165, 1.54) is 6.42 Å². The minimum atomic E-state index is -3.54. The van der Waals surface area contributed by atoms with Gasteiger partial charge in [0.2, 0.25) is 15.9 Å². The van der Waals surface area contributed by atoms with E-state index in [-0.39, 0.29) is 0 Å². The standard InChI is InChI=1S/C19H28N4O3S/c1-12-8-10-23(11-9-12)27(24,25)17-13(2)16(22(4)14(17)3)19-21-20-18(26-19)15-6-5-7-15/h12,15H,5-11H2,1-4H3. The SMILES string of the molecule is Cc1c(S(=O)(=O)N2CCC(C)CC2)c(C)n(C)c1-c1nnc(C2CCC2)o1. The van der Waals surface area contributed by atoms with Crippen molar-refractivity contribution in [1.82, 2.24) is 19.1 Å². The highest BCUT2D eigenvalue weighted by Gasteiger charge is 2.35. The maximum atomic E-state index is 13.3. The Morgan fingerprint density at radius 3 is 2.33 bits per heavy atom. The van der Waals surface area contributed by atoms with Crippen molar-refractivity contribution in [3.63, 3.8) is 0 Å². The maximum Gasteiger partial charge on any atom is 0.264 e. The summed E-state index contributed by atoms with van der Waals surface area (Å²) in [6.45, 7) is 7.03. The average molecular weight is 393 g/mol. The highest BCUT2D eigenvalue weighted by Crippen LogP contribution is 2.39. The number of hydrogen-bond acceptors (Lipinski definition) is 5. The molecule has 1 aliphatic carbocycles. The fourth-order valence-corrected chi connectivity index (χ4v) is 6.08. The average Bonchev–Trinajstić information content (AvgIpc) is 3.10. The van der Waals surface area contributed by atoms with Crippen LogP contribution < -0.4 is 0 Å². The molecule has 8 heteroatoms. The molecule has 4 rings (SSSR count). The monoisotopic (exact) mass is 392 g/mol. The van der Waals surface area contributed by atoms with Crippen molar-refractivity contribution in [3.05, 3.63) is 17.1 Å². The van der Waals surface area contributed by atoms with Gasteiger partial charge in [-0.2, -0.15) is 4.31 Å². The number of rotatable bonds is 4. The van der Waals surface area contributed by atoms with Crippen molar-refractivity contribution in [2.75, 3.05) is 13.1 Å². The summed E-state index contributed by atoms with van der Waals surface area (Å²) in [4.78, 5) is 0.387. The molecule has 7 nitrogen and oxygen atoms in total. The van der Waals surface area contributed by atoms with Crippen LogP contribution >= 0.6 is 0 Å². The molecule has 0 aromatic carbocycles. The summed E-state index contributed by atoms with van der Waals surface area (Å²) in [6, 6.07) is 0. The Morgan fingerprint density at radius 1 is 1.07 bits per heavy atom. The summed E-state index contributed by atoms with van der Waals surface area (Å²) < 4.78 is 36.1. The molecule has 2 aliphatic rings. The van der Waals surface area contributed by atoms with Crippen molar-refractivity contribution in [1.29, 1.82) is 0 Å². The molecule has 0 radical (unpaired) electrons. The molecule has 0 spiro atoms. The quantitative estimate of drug-likeness (QED) is 0.797. The lowest BCUT2D eigenvalue weighted by atomic mass is 9.85. The lowest BCUT2D eigenvalue weighted by Gasteiger charge is -2.29. The Kier molecular flexibility index (Phi) is 4.66. The van der Waals surface area contributed by atoms with Crippen molar-refractivity contribution in [2.45, 2.75) is 63.7 Å². The minimum Gasteiger partial charge on any atom is -0.419 e. The van der Waals surface area contributed by atoms with Crippen LogP contribution in [0.15, 0.2) is 9.31 Å². The number of piperidine rings is 1. The largest absolute Gasteiger partial charge is 0.419 e. The van der Waals surface area contributed by atoms with Gasteiger partial charge in [0, 0.05) is 37.3 Å². The topological polar surface area (TPSA) is 81.2 Å². The summed E-state index contributed by atoms with van der Waals surface area (Å²) in [7, 11) is -1.67. The van der Waals surface area contributed by atoms with Gasteiger partial charge in [-0.25, -0.2) is 8.42 Å². The molecule has 2 fully saturated rings. The third-order valence-corrected chi connectivity index (χ3v) is 8.46. The summed E-state index contributed by atoms with van der Waals surface area (Å²) in [5.74, 6) is 2.01. The van der Waals surface area contributed by atoms with E-state index in [2.05, 4.69) is 17.1 Å². The first-order valence-corrected chi connectivity index (χ1v) is 11.2. The first-order chi connectivity index (χ1) is 12.8. The van der Waals surface area contributed by atoms with Gasteiger partial charge in [-0.3, -0.25) is 0 Å². The van der Waals surface area contributed by atoms with E-state index in [1.807, 2.05) is 25.5 Å². The molecular weight excluding hydrogens is 364 g/mol. The molecule has 1 saturated carbocycles. The molecule has 0 N–H and O–H groups in total. The summed E-state index contributed by atoms with van der Waals surface area (Å²) in [6.07, 6.45) is 5.18. The highest BCUT2D eigenvalue weighted by molar-refractivity contribution is 7.89. The van der Waals surface area contributed by atoms with E-state index >= 15 is 0 Å². The molecule has 27 heavy (non-hydrogen) atoms. The van der Waals surface area contributed by atoms with E-state index in [0.29, 0.717) is 58.6 Å². The van der Waals surface area contributed by atoms with Gasteiger partial charge in [0.15, 0.2) is 0 Å². The normalized spacial score (nSPS) is 20.1. The third-order valence-electron chi connectivity index (χ3n) is 6.30. The second kappa shape index (κ2) is 6.74. The van der Waals surface area contributed by atoms with Gasteiger partial charge in [0.05, 0.1) is 0 Å². The van der Waals surface area contributed by atoms with Crippen LogP contribution in [0.5, 0.6) is 0 Å².